The standard InChI is InChI=1S/C15H26Si/c1-3-5-7-14-8-9-15(13-14)16(10-4-2)11-6-12-16/h8-9,13-14H,3-7,10-12H2,1-2H3. The van der Waals surface area contributed by atoms with Crippen LogP contribution in [-0.2, 0) is 0 Å². The summed E-state index contributed by atoms with van der Waals surface area (Å²) in [5.41, 5.74) is 0. The van der Waals surface area contributed by atoms with Crippen LogP contribution in [0.1, 0.15) is 46.0 Å². The molecule has 1 atom stereocenters. The summed E-state index contributed by atoms with van der Waals surface area (Å²) in [5.74, 6) is 0.789. The lowest BCUT2D eigenvalue weighted by Gasteiger charge is -2.40. The minimum Gasteiger partial charge on any atom is -0.0783 e. The smallest absolute Gasteiger partial charge is 0.0783 e. The van der Waals surface area contributed by atoms with Crippen LogP contribution in [0.5, 0.6) is 0 Å². The van der Waals surface area contributed by atoms with Crippen LogP contribution in [-0.4, -0.2) is 8.07 Å². The van der Waals surface area contributed by atoms with Gasteiger partial charge in [0.1, 0.15) is 0 Å². The van der Waals surface area contributed by atoms with Crippen molar-refractivity contribution in [3.05, 3.63) is 23.4 Å². The fourth-order valence-corrected chi connectivity index (χ4v) is 7.85. The highest BCUT2D eigenvalue weighted by molar-refractivity contribution is 6.89. The van der Waals surface area contributed by atoms with Crippen molar-refractivity contribution in [3.8, 4) is 0 Å². The molecule has 1 aliphatic carbocycles. The molecule has 90 valence electrons. The van der Waals surface area contributed by atoms with Crippen LogP contribution < -0.4 is 0 Å². The summed E-state index contributed by atoms with van der Waals surface area (Å²) in [7, 11) is -0.916. The maximum absolute atomic E-state index is 2.64. The van der Waals surface area contributed by atoms with E-state index >= 15 is 0 Å². The van der Waals surface area contributed by atoms with E-state index in [-0.39, 0.29) is 0 Å². The highest BCUT2D eigenvalue weighted by Crippen LogP contribution is 2.44. The number of unbranched alkanes of at least 4 members (excludes halogenated alkanes) is 1. The average Bonchev–Trinajstić information content (AvgIpc) is 2.69. The first kappa shape index (κ1) is 12.2. The van der Waals surface area contributed by atoms with E-state index in [9.17, 15) is 0 Å². The Kier molecular flexibility index (Phi) is 4.07. The molecule has 0 saturated carbocycles. The summed E-state index contributed by atoms with van der Waals surface area (Å²) in [5, 5.41) is 1.82. The molecule has 0 aromatic heterocycles. The first-order chi connectivity index (χ1) is 7.80. The van der Waals surface area contributed by atoms with Crippen molar-refractivity contribution in [2.24, 2.45) is 5.92 Å². The lowest BCUT2D eigenvalue weighted by molar-refractivity contribution is 0.646. The largest absolute Gasteiger partial charge is 0.0862 e. The van der Waals surface area contributed by atoms with E-state index in [0.717, 1.165) is 5.92 Å². The third kappa shape index (κ3) is 2.34. The van der Waals surface area contributed by atoms with Crippen molar-refractivity contribution < 1.29 is 0 Å². The molecule has 1 fully saturated rings. The van der Waals surface area contributed by atoms with E-state index in [0.29, 0.717) is 0 Å². The van der Waals surface area contributed by atoms with Gasteiger partial charge in [0.05, 0.1) is 8.07 Å². The van der Waals surface area contributed by atoms with Crippen LogP contribution in [0.2, 0.25) is 18.1 Å². The topological polar surface area (TPSA) is 0 Å². The van der Waals surface area contributed by atoms with Gasteiger partial charge >= 0.3 is 0 Å². The van der Waals surface area contributed by atoms with Gasteiger partial charge in [0.2, 0.25) is 0 Å². The van der Waals surface area contributed by atoms with Crippen molar-refractivity contribution in [3.63, 3.8) is 0 Å². The van der Waals surface area contributed by atoms with Gasteiger partial charge in [-0.15, -0.1) is 0 Å². The van der Waals surface area contributed by atoms with E-state index in [1.165, 1.54) is 32.1 Å². The predicted molar refractivity (Wildman–Crippen MR) is 75.3 cm³/mol. The number of hydrogen-bond donors (Lipinski definition) is 0. The van der Waals surface area contributed by atoms with Crippen LogP contribution in [0.15, 0.2) is 23.4 Å². The predicted octanol–water partition coefficient (Wildman–Crippen LogP) is 5.09. The minimum atomic E-state index is -0.916. The zero-order valence-electron chi connectivity index (χ0n) is 11.0. The summed E-state index contributed by atoms with van der Waals surface area (Å²) < 4.78 is 0. The summed E-state index contributed by atoms with van der Waals surface area (Å²) >= 11 is 0. The number of rotatable bonds is 6. The van der Waals surface area contributed by atoms with E-state index in [2.05, 4.69) is 32.1 Å². The van der Waals surface area contributed by atoms with Gasteiger partial charge in [0.25, 0.3) is 0 Å². The summed E-state index contributed by atoms with van der Waals surface area (Å²) in [6, 6.07) is 4.71. The second-order valence-corrected chi connectivity index (χ2v) is 10.3. The Bertz CT molecular complexity index is 284. The molecular weight excluding hydrogens is 208 g/mol. The Balaban J connectivity index is 1.97. The normalized spacial score (nSPS) is 26.6. The molecular formula is C15H26Si. The van der Waals surface area contributed by atoms with Gasteiger partial charge in [-0.05, 0) is 12.3 Å². The van der Waals surface area contributed by atoms with Crippen LogP contribution in [0, 0.1) is 5.92 Å². The molecule has 1 unspecified atom stereocenters. The van der Waals surface area contributed by atoms with Gasteiger partial charge in [-0.3, -0.25) is 0 Å². The van der Waals surface area contributed by atoms with Gasteiger partial charge < -0.3 is 0 Å². The van der Waals surface area contributed by atoms with Crippen LogP contribution in [0.4, 0.5) is 0 Å². The molecule has 0 spiro atoms. The molecule has 1 aliphatic heterocycles. The van der Waals surface area contributed by atoms with Gasteiger partial charge in [0, 0.05) is 0 Å². The molecule has 2 rings (SSSR count). The zero-order valence-corrected chi connectivity index (χ0v) is 12.0. The van der Waals surface area contributed by atoms with Gasteiger partial charge in [-0.2, -0.15) is 0 Å². The lowest BCUT2D eigenvalue weighted by atomic mass is 10.0. The van der Waals surface area contributed by atoms with Crippen LogP contribution in [0.25, 0.3) is 0 Å². The second kappa shape index (κ2) is 5.35. The second-order valence-electron chi connectivity index (χ2n) is 5.67. The number of allylic oxidation sites excluding steroid dienone is 4. The van der Waals surface area contributed by atoms with Crippen molar-refractivity contribution in [2.75, 3.05) is 0 Å². The van der Waals surface area contributed by atoms with Crippen LogP contribution >= 0.6 is 0 Å². The van der Waals surface area contributed by atoms with E-state index in [1.54, 1.807) is 18.1 Å². The summed E-state index contributed by atoms with van der Waals surface area (Å²) in [6.07, 6.45) is 14.6. The molecule has 0 bridgehead atoms. The molecule has 0 N–H and O–H groups in total. The van der Waals surface area contributed by atoms with Crippen molar-refractivity contribution in [2.45, 2.75) is 64.1 Å². The Morgan fingerprint density at radius 3 is 2.62 bits per heavy atom. The summed E-state index contributed by atoms with van der Waals surface area (Å²) in [6.45, 7) is 4.66. The SMILES string of the molecule is CCCCC1C=CC([Si]2(CCC)CCC2)=C1. The molecule has 1 heterocycles. The molecule has 1 heteroatoms. The zero-order chi connectivity index (χ0) is 11.4. The fourth-order valence-electron chi connectivity index (χ4n) is 3.31. The lowest BCUT2D eigenvalue weighted by Crippen LogP contribution is -2.42. The third-order valence-corrected chi connectivity index (χ3v) is 10.1. The first-order valence-corrected chi connectivity index (χ1v) is 9.83. The molecule has 0 nitrogen and oxygen atoms in total. The quantitative estimate of drug-likeness (QED) is 0.562. The average molecular weight is 234 g/mol. The van der Waals surface area contributed by atoms with E-state index in [4.69, 9.17) is 0 Å². The highest BCUT2D eigenvalue weighted by Gasteiger charge is 2.41. The molecule has 1 saturated heterocycles. The Hall–Kier alpha value is -0.303. The third-order valence-electron chi connectivity index (χ3n) is 4.46. The van der Waals surface area contributed by atoms with Gasteiger partial charge in [-0.1, -0.05) is 81.1 Å². The monoisotopic (exact) mass is 234 g/mol. The maximum Gasteiger partial charge on any atom is 0.0862 e. The first-order valence-electron chi connectivity index (χ1n) is 7.21. The summed E-state index contributed by atoms with van der Waals surface area (Å²) in [4.78, 5) is 0. The molecule has 0 aromatic rings. The Morgan fingerprint density at radius 2 is 2.06 bits per heavy atom. The highest BCUT2D eigenvalue weighted by atomic mass is 28.3. The maximum atomic E-state index is 2.64. The molecule has 0 aromatic carbocycles. The number of hydrogen-bond acceptors (Lipinski definition) is 0. The molecule has 2 aliphatic rings. The molecule has 16 heavy (non-hydrogen) atoms. The molecule has 0 amide bonds. The van der Waals surface area contributed by atoms with Gasteiger partial charge in [0.15, 0.2) is 0 Å². The Labute approximate surface area is 102 Å². The Morgan fingerprint density at radius 1 is 1.25 bits per heavy atom. The van der Waals surface area contributed by atoms with E-state index < -0.39 is 8.07 Å². The van der Waals surface area contributed by atoms with Crippen molar-refractivity contribution in [1.82, 2.24) is 0 Å². The van der Waals surface area contributed by atoms with Crippen LogP contribution in [0.3, 0.4) is 0 Å². The fraction of sp³-hybridized carbons (Fsp3) is 0.733. The van der Waals surface area contributed by atoms with Crippen molar-refractivity contribution in [1.29, 1.82) is 0 Å². The minimum absolute atomic E-state index is 0.789. The van der Waals surface area contributed by atoms with Gasteiger partial charge in [-0.25, -0.2) is 0 Å². The molecule has 0 radical (unpaired) electrons. The van der Waals surface area contributed by atoms with Crippen molar-refractivity contribution >= 4 is 8.07 Å². The van der Waals surface area contributed by atoms with E-state index in [1.807, 2.05) is 5.20 Å².